The molecule has 10 heteroatoms. The lowest BCUT2D eigenvalue weighted by atomic mass is 9.90. The molecule has 2 aliphatic carbocycles. The Labute approximate surface area is 217 Å². The number of amides is 1. The van der Waals surface area contributed by atoms with Crippen LogP contribution in [0.5, 0.6) is 0 Å². The smallest absolute Gasteiger partial charge is 0.289 e. The summed E-state index contributed by atoms with van der Waals surface area (Å²) in [6, 6.07) is 9.67. The normalized spacial score (nSPS) is 20.0. The summed E-state index contributed by atoms with van der Waals surface area (Å²) in [7, 11) is 0. The number of halogens is 2. The maximum Gasteiger partial charge on any atom is 0.289 e. The van der Waals surface area contributed by atoms with Crippen LogP contribution in [-0.4, -0.2) is 40.3 Å². The monoisotopic (exact) mass is 518 g/mol. The number of furan rings is 1. The van der Waals surface area contributed by atoms with Gasteiger partial charge in [0, 0.05) is 18.0 Å². The third kappa shape index (κ3) is 6.44. The van der Waals surface area contributed by atoms with Crippen LogP contribution in [0.4, 0.5) is 5.82 Å². The van der Waals surface area contributed by atoms with Crippen molar-refractivity contribution in [3.8, 4) is 0 Å². The van der Waals surface area contributed by atoms with Crippen LogP contribution in [0.15, 0.2) is 46.0 Å². The van der Waals surface area contributed by atoms with Crippen molar-refractivity contribution >= 4 is 53.3 Å². The number of hydrogen-bond acceptors (Lipinski definition) is 6. The SMILES string of the molecule is Cc1ccc2nc(C(=O)NCC3CC3)nc(N[C@H]3CCCC[C@H]3N=C(N)c3ccco3)c2c1.Cl.Cl. The van der Waals surface area contributed by atoms with E-state index in [1.807, 2.05) is 25.1 Å². The summed E-state index contributed by atoms with van der Waals surface area (Å²) < 4.78 is 5.41. The van der Waals surface area contributed by atoms with Gasteiger partial charge in [0.05, 0.1) is 17.8 Å². The molecular formula is C25H32Cl2N6O2. The highest BCUT2D eigenvalue weighted by atomic mass is 35.5. The van der Waals surface area contributed by atoms with E-state index in [-0.39, 0.29) is 48.6 Å². The lowest BCUT2D eigenvalue weighted by Crippen LogP contribution is -2.37. The first-order valence-corrected chi connectivity index (χ1v) is 11.8. The highest BCUT2D eigenvalue weighted by Crippen LogP contribution is 2.29. The fourth-order valence-corrected chi connectivity index (χ4v) is 4.37. The first-order valence-electron chi connectivity index (χ1n) is 11.8. The minimum Gasteiger partial charge on any atom is -0.461 e. The molecule has 35 heavy (non-hydrogen) atoms. The molecule has 0 bridgehead atoms. The summed E-state index contributed by atoms with van der Waals surface area (Å²) in [4.78, 5) is 26.8. The third-order valence-electron chi connectivity index (χ3n) is 6.43. The van der Waals surface area contributed by atoms with Crippen LogP contribution in [0.3, 0.4) is 0 Å². The first-order chi connectivity index (χ1) is 16.1. The molecule has 8 nitrogen and oxygen atoms in total. The Kier molecular flexibility index (Phi) is 8.97. The van der Waals surface area contributed by atoms with E-state index in [9.17, 15) is 4.79 Å². The van der Waals surface area contributed by atoms with E-state index in [2.05, 4.69) is 26.7 Å². The van der Waals surface area contributed by atoms with E-state index in [4.69, 9.17) is 15.1 Å². The zero-order valence-corrected chi connectivity index (χ0v) is 21.3. The summed E-state index contributed by atoms with van der Waals surface area (Å²) >= 11 is 0. The van der Waals surface area contributed by atoms with Gasteiger partial charge in [0.25, 0.3) is 5.91 Å². The van der Waals surface area contributed by atoms with Crippen molar-refractivity contribution in [2.75, 3.05) is 11.9 Å². The van der Waals surface area contributed by atoms with Gasteiger partial charge in [-0.25, -0.2) is 9.97 Å². The standard InChI is InChI=1S/C25H30N6O2.2ClH/c1-15-8-11-18-17(13-15)23(31-24(29-18)25(32)27-14-16-9-10-16)30-20-6-3-2-5-19(20)28-22(26)21-7-4-12-33-21;;/h4,7-8,11-13,16,19-20H,2-3,5-6,9-10,14H2,1H3,(H2,26,28)(H,27,32)(H,29,30,31);2*1H/t19-,20+;;/m1../s1. The number of carbonyl (C=O) groups is 1. The molecule has 0 aliphatic heterocycles. The fourth-order valence-electron chi connectivity index (χ4n) is 4.37. The average Bonchev–Trinajstić information content (AvgIpc) is 3.48. The van der Waals surface area contributed by atoms with Crippen molar-refractivity contribution in [3.05, 3.63) is 53.7 Å². The zero-order chi connectivity index (χ0) is 22.8. The minimum absolute atomic E-state index is 0. The molecule has 4 N–H and O–H groups in total. The van der Waals surface area contributed by atoms with Crippen molar-refractivity contribution < 1.29 is 9.21 Å². The Bertz CT molecular complexity index is 1180. The van der Waals surface area contributed by atoms with Crippen molar-refractivity contribution in [2.45, 2.75) is 57.5 Å². The number of rotatable bonds is 7. The van der Waals surface area contributed by atoms with Crippen LogP contribution < -0.4 is 16.4 Å². The Morgan fingerprint density at radius 2 is 1.94 bits per heavy atom. The van der Waals surface area contributed by atoms with Gasteiger partial charge in [0.1, 0.15) is 5.82 Å². The number of aromatic nitrogens is 2. The Morgan fingerprint density at radius 3 is 2.69 bits per heavy atom. The van der Waals surface area contributed by atoms with Gasteiger partial charge in [0.15, 0.2) is 11.6 Å². The van der Waals surface area contributed by atoms with Gasteiger partial charge in [-0.2, -0.15) is 0 Å². The molecule has 2 aliphatic rings. The number of amidine groups is 1. The quantitative estimate of drug-likeness (QED) is 0.309. The molecule has 5 rings (SSSR count). The largest absolute Gasteiger partial charge is 0.461 e. The van der Waals surface area contributed by atoms with Crippen molar-refractivity contribution in [2.24, 2.45) is 16.6 Å². The van der Waals surface area contributed by atoms with Crippen LogP contribution in [0.2, 0.25) is 0 Å². The maximum atomic E-state index is 12.8. The number of aliphatic imine (C=N–C) groups is 1. The minimum atomic E-state index is -0.229. The van der Waals surface area contributed by atoms with Crippen LogP contribution in [-0.2, 0) is 0 Å². The van der Waals surface area contributed by atoms with E-state index >= 15 is 0 Å². The summed E-state index contributed by atoms with van der Waals surface area (Å²) in [6.07, 6.45) is 8.01. The van der Waals surface area contributed by atoms with Crippen molar-refractivity contribution in [3.63, 3.8) is 0 Å². The highest BCUT2D eigenvalue weighted by molar-refractivity contribution is 5.97. The van der Waals surface area contributed by atoms with Crippen LogP contribution in [0, 0.1) is 12.8 Å². The van der Waals surface area contributed by atoms with E-state index in [0.717, 1.165) is 42.1 Å². The number of anilines is 1. The molecule has 0 spiro atoms. The molecule has 1 aromatic carbocycles. The number of nitrogens with two attached hydrogens (primary N) is 1. The molecule has 2 aromatic heterocycles. The van der Waals surface area contributed by atoms with E-state index in [0.29, 0.717) is 29.9 Å². The molecule has 0 radical (unpaired) electrons. The number of nitrogens with zero attached hydrogens (tertiary/aromatic N) is 3. The molecule has 2 fully saturated rings. The lowest BCUT2D eigenvalue weighted by Gasteiger charge is -2.30. The van der Waals surface area contributed by atoms with Crippen LogP contribution in [0.1, 0.15) is 60.5 Å². The third-order valence-corrected chi connectivity index (χ3v) is 6.43. The second kappa shape index (κ2) is 11.7. The Hall–Kier alpha value is -2.84. The molecule has 2 saturated carbocycles. The maximum absolute atomic E-state index is 12.8. The second-order valence-electron chi connectivity index (χ2n) is 9.16. The number of fused-ring (bicyclic) bond motifs is 1. The highest BCUT2D eigenvalue weighted by Gasteiger charge is 2.27. The zero-order valence-electron chi connectivity index (χ0n) is 19.7. The van der Waals surface area contributed by atoms with Gasteiger partial charge in [-0.1, -0.05) is 24.5 Å². The summed E-state index contributed by atoms with van der Waals surface area (Å²) in [5.74, 6) is 2.21. The van der Waals surface area contributed by atoms with Gasteiger partial charge < -0.3 is 20.8 Å². The van der Waals surface area contributed by atoms with Gasteiger partial charge in [-0.15, -0.1) is 24.8 Å². The molecule has 1 amide bonds. The van der Waals surface area contributed by atoms with Gasteiger partial charge in [-0.3, -0.25) is 9.79 Å². The van der Waals surface area contributed by atoms with E-state index in [1.54, 1.807) is 12.3 Å². The number of carbonyl (C=O) groups excluding carboxylic acids is 1. The summed E-state index contributed by atoms with van der Waals surface area (Å²) in [5.41, 5.74) is 8.07. The molecule has 3 aromatic rings. The fraction of sp³-hybridized carbons (Fsp3) is 0.440. The summed E-state index contributed by atoms with van der Waals surface area (Å²) in [6.45, 7) is 2.72. The predicted molar refractivity (Wildman–Crippen MR) is 143 cm³/mol. The Balaban J connectivity index is 0.00000171. The van der Waals surface area contributed by atoms with Crippen molar-refractivity contribution in [1.29, 1.82) is 0 Å². The van der Waals surface area contributed by atoms with Crippen LogP contribution >= 0.6 is 24.8 Å². The number of nitrogens with one attached hydrogen (secondary N) is 2. The van der Waals surface area contributed by atoms with Crippen molar-refractivity contribution in [1.82, 2.24) is 15.3 Å². The predicted octanol–water partition coefficient (Wildman–Crippen LogP) is 4.64. The molecular weight excluding hydrogens is 487 g/mol. The molecule has 0 saturated heterocycles. The van der Waals surface area contributed by atoms with Gasteiger partial charge in [-0.05, 0) is 62.8 Å². The van der Waals surface area contributed by atoms with E-state index in [1.165, 1.54) is 12.8 Å². The molecule has 188 valence electrons. The topological polar surface area (TPSA) is 118 Å². The average molecular weight is 519 g/mol. The first kappa shape index (κ1) is 26.8. The Morgan fingerprint density at radius 1 is 1.14 bits per heavy atom. The number of benzene rings is 1. The van der Waals surface area contributed by atoms with Gasteiger partial charge in [0.2, 0.25) is 5.82 Å². The molecule has 2 heterocycles. The second-order valence-corrected chi connectivity index (χ2v) is 9.16. The molecule has 2 atom stereocenters. The van der Waals surface area contributed by atoms with E-state index < -0.39 is 0 Å². The summed E-state index contributed by atoms with van der Waals surface area (Å²) in [5, 5.41) is 7.48. The lowest BCUT2D eigenvalue weighted by molar-refractivity contribution is 0.0942. The number of aryl methyl sites for hydroxylation is 1. The van der Waals surface area contributed by atoms with Crippen LogP contribution in [0.25, 0.3) is 10.9 Å². The van der Waals surface area contributed by atoms with Gasteiger partial charge >= 0.3 is 0 Å². The number of hydrogen-bond donors (Lipinski definition) is 3. The molecule has 0 unspecified atom stereocenters.